The van der Waals surface area contributed by atoms with Gasteiger partial charge in [0.05, 0.1) is 0 Å². The zero-order chi connectivity index (χ0) is 18.2. The van der Waals surface area contributed by atoms with Crippen molar-refractivity contribution in [2.75, 3.05) is 13.6 Å². The van der Waals surface area contributed by atoms with Crippen LogP contribution >= 0.6 is 0 Å². The predicted molar refractivity (Wildman–Crippen MR) is 102 cm³/mol. The maximum Gasteiger partial charge on any atom is 0.254 e. The van der Waals surface area contributed by atoms with Crippen molar-refractivity contribution >= 4 is 5.91 Å². The van der Waals surface area contributed by atoms with Crippen molar-refractivity contribution in [1.82, 2.24) is 4.90 Å². The number of carbonyl (C=O) groups is 1. The fourth-order valence-electron chi connectivity index (χ4n) is 2.52. The topological polar surface area (TPSA) is 55.6 Å². The van der Waals surface area contributed by atoms with Crippen LogP contribution in [0.1, 0.15) is 36.2 Å². The van der Waals surface area contributed by atoms with E-state index in [0.29, 0.717) is 24.6 Å². The van der Waals surface area contributed by atoms with Gasteiger partial charge < -0.3 is 15.4 Å². The van der Waals surface area contributed by atoms with E-state index in [1.165, 1.54) is 0 Å². The number of hydrogen-bond acceptors (Lipinski definition) is 3. The summed E-state index contributed by atoms with van der Waals surface area (Å²) >= 11 is 0. The van der Waals surface area contributed by atoms with Crippen molar-refractivity contribution in [3.05, 3.63) is 65.7 Å². The molecule has 0 bridgehead atoms. The second-order valence-electron chi connectivity index (χ2n) is 6.68. The zero-order valence-corrected chi connectivity index (χ0v) is 15.3. The van der Waals surface area contributed by atoms with E-state index in [2.05, 4.69) is 13.8 Å². The Balaban J connectivity index is 2.01. The Labute approximate surface area is 150 Å². The second-order valence-corrected chi connectivity index (χ2v) is 6.68. The number of carbonyl (C=O) groups excluding carboxylic acids is 1. The summed E-state index contributed by atoms with van der Waals surface area (Å²) in [6.07, 6.45) is 0.794. The van der Waals surface area contributed by atoms with Gasteiger partial charge in [0.15, 0.2) is 0 Å². The van der Waals surface area contributed by atoms with Crippen LogP contribution in [0, 0.1) is 5.92 Å². The number of nitrogens with zero attached hydrogens (tertiary/aromatic N) is 1. The minimum atomic E-state index is 0.00298. The van der Waals surface area contributed by atoms with Crippen LogP contribution in [0.15, 0.2) is 54.6 Å². The van der Waals surface area contributed by atoms with E-state index in [-0.39, 0.29) is 11.9 Å². The highest BCUT2D eigenvalue weighted by atomic mass is 16.5. The first-order valence-corrected chi connectivity index (χ1v) is 8.76. The van der Waals surface area contributed by atoms with E-state index in [4.69, 9.17) is 10.5 Å². The Kier molecular flexibility index (Phi) is 7.02. The third kappa shape index (κ3) is 5.61. The molecule has 1 atom stereocenters. The highest BCUT2D eigenvalue weighted by molar-refractivity contribution is 5.95. The largest absolute Gasteiger partial charge is 0.489 e. The first kappa shape index (κ1) is 19.0. The quantitative estimate of drug-likeness (QED) is 0.797. The van der Waals surface area contributed by atoms with Gasteiger partial charge in [-0.15, -0.1) is 0 Å². The Morgan fingerprint density at radius 1 is 1.08 bits per heavy atom. The van der Waals surface area contributed by atoms with Crippen LogP contribution in [0.2, 0.25) is 0 Å². The van der Waals surface area contributed by atoms with Crippen LogP contribution < -0.4 is 10.5 Å². The molecule has 0 heterocycles. The number of hydrogen-bond donors (Lipinski definition) is 1. The van der Waals surface area contributed by atoms with Crippen LogP contribution in [-0.4, -0.2) is 30.4 Å². The molecule has 1 amide bonds. The summed E-state index contributed by atoms with van der Waals surface area (Å²) in [4.78, 5) is 14.5. The van der Waals surface area contributed by atoms with Gasteiger partial charge in [-0.05, 0) is 30.5 Å². The van der Waals surface area contributed by atoms with Crippen molar-refractivity contribution in [1.29, 1.82) is 0 Å². The summed E-state index contributed by atoms with van der Waals surface area (Å²) in [5.41, 5.74) is 7.65. The third-order valence-electron chi connectivity index (χ3n) is 4.39. The summed E-state index contributed by atoms with van der Waals surface area (Å²) < 4.78 is 5.80. The van der Waals surface area contributed by atoms with Gasteiger partial charge in [-0.3, -0.25) is 4.79 Å². The standard InChI is InChI=1S/C21H28N2O2/c1-16(2)20(22)13-14-23(3)21(24)19-12-8-7-9-17(19)15-25-18-10-5-4-6-11-18/h4-12,16,20H,13-15,22H2,1-3H3. The molecule has 0 aliphatic carbocycles. The lowest BCUT2D eigenvalue weighted by Gasteiger charge is -2.22. The minimum Gasteiger partial charge on any atom is -0.489 e. The van der Waals surface area contributed by atoms with E-state index >= 15 is 0 Å². The molecule has 2 aromatic rings. The molecule has 4 nitrogen and oxygen atoms in total. The Morgan fingerprint density at radius 3 is 2.40 bits per heavy atom. The minimum absolute atomic E-state index is 0.00298. The van der Waals surface area contributed by atoms with Gasteiger partial charge in [-0.25, -0.2) is 0 Å². The molecule has 0 saturated carbocycles. The molecule has 2 aromatic carbocycles. The smallest absolute Gasteiger partial charge is 0.254 e. The van der Waals surface area contributed by atoms with Gasteiger partial charge in [0.1, 0.15) is 12.4 Å². The maximum atomic E-state index is 12.8. The van der Waals surface area contributed by atoms with Crippen LogP contribution in [0.3, 0.4) is 0 Å². The normalized spacial score (nSPS) is 12.0. The fourth-order valence-corrected chi connectivity index (χ4v) is 2.52. The Hall–Kier alpha value is -2.33. The van der Waals surface area contributed by atoms with Gasteiger partial charge >= 0.3 is 0 Å². The van der Waals surface area contributed by atoms with Gasteiger partial charge in [0.2, 0.25) is 0 Å². The Bertz CT molecular complexity index is 671. The summed E-state index contributed by atoms with van der Waals surface area (Å²) in [5, 5.41) is 0. The first-order chi connectivity index (χ1) is 12.0. The molecule has 0 spiro atoms. The maximum absolute atomic E-state index is 12.8. The summed E-state index contributed by atoms with van der Waals surface area (Å²) in [6.45, 7) is 5.21. The third-order valence-corrected chi connectivity index (χ3v) is 4.39. The van der Waals surface area contributed by atoms with Gasteiger partial charge in [-0.1, -0.05) is 50.2 Å². The summed E-state index contributed by atoms with van der Waals surface area (Å²) in [7, 11) is 1.82. The van der Waals surface area contributed by atoms with E-state index in [9.17, 15) is 4.79 Å². The average molecular weight is 340 g/mol. The molecule has 0 aromatic heterocycles. The van der Waals surface area contributed by atoms with Gasteiger partial charge in [0, 0.05) is 30.8 Å². The monoisotopic (exact) mass is 340 g/mol. The number of nitrogens with two attached hydrogens (primary N) is 1. The van der Waals surface area contributed by atoms with Gasteiger partial charge in [-0.2, -0.15) is 0 Å². The van der Waals surface area contributed by atoms with E-state index in [0.717, 1.165) is 17.7 Å². The highest BCUT2D eigenvalue weighted by Crippen LogP contribution is 2.16. The zero-order valence-electron chi connectivity index (χ0n) is 15.3. The van der Waals surface area contributed by atoms with Crippen molar-refractivity contribution in [2.24, 2.45) is 11.7 Å². The molecule has 0 aliphatic rings. The number of ether oxygens (including phenoxy) is 1. The molecule has 0 saturated heterocycles. The van der Waals surface area contributed by atoms with Crippen LogP contribution in [0.5, 0.6) is 5.75 Å². The van der Waals surface area contributed by atoms with Crippen LogP contribution in [0.25, 0.3) is 0 Å². The molecular weight excluding hydrogens is 312 g/mol. The molecule has 2 rings (SSSR count). The van der Waals surface area contributed by atoms with Crippen LogP contribution in [-0.2, 0) is 6.61 Å². The molecule has 4 heteroatoms. The fraction of sp³-hybridized carbons (Fsp3) is 0.381. The van der Waals surface area contributed by atoms with Gasteiger partial charge in [0.25, 0.3) is 5.91 Å². The summed E-state index contributed by atoms with van der Waals surface area (Å²) in [6, 6.07) is 17.3. The highest BCUT2D eigenvalue weighted by Gasteiger charge is 2.17. The van der Waals surface area contributed by atoms with E-state index < -0.39 is 0 Å². The molecule has 1 unspecified atom stereocenters. The van der Waals surface area contributed by atoms with E-state index in [1.807, 2.05) is 61.6 Å². The first-order valence-electron chi connectivity index (χ1n) is 8.76. The predicted octanol–water partition coefficient (Wildman–Crippen LogP) is 3.71. The molecule has 0 fully saturated rings. The molecule has 134 valence electrons. The lowest BCUT2D eigenvalue weighted by molar-refractivity contribution is 0.0786. The molecule has 0 aliphatic heterocycles. The average Bonchev–Trinajstić information content (AvgIpc) is 2.64. The van der Waals surface area contributed by atoms with Crippen molar-refractivity contribution in [2.45, 2.75) is 32.9 Å². The number of para-hydroxylation sites is 1. The van der Waals surface area contributed by atoms with Crippen molar-refractivity contribution in [3.8, 4) is 5.75 Å². The lowest BCUT2D eigenvalue weighted by atomic mass is 10.0. The molecule has 25 heavy (non-hydrogen) atoms. The SMILES string of the molecule is CC(C)C(N)CCN(C)C(=O)c1ccccc1COc1ccccc1. The lowest BCUT2D eigenvalue weighted by Crippen LogP contribution is -2.35. The molecular formula is C21H28N2O2. The van der Waals surface area contributed by atoms with Crippen molar-refractivity contribution < 1.29 is 9.53 Å². The van der Waals surface area contributed by atoms with E-state index in [1.54, 1.807) is 4.90 Å². The molecule has 0 radical (unpaired) electrons. The summed E-state index contributed by atoms with van der Waals surface area (Å²) in [5.74, 6) is 1.21. The Morgan fingerprint density at radius 2 is 1.72 bits per heavy atom. The molecule has 2 N–H and O–H groups in total. The number of rotatable bonds is 8. The van der Waals surface area contributed by atoms with Crippen molar-refractivity contribution in [3.63, 3.8) is 0 Å². The number of amides is 1. The van der Waals surface area contributed by atoms with Crippen LogP contribution in [0.4, 0.5) is 0 Å². The second kappa shape index (κ2) is 9.23. The number of benzene rings is 2.